The second-order valence-electron chi connectivity index (χ2n) is 21.6. The van der Waals surface area contributed by atoms with Crippen LogP contribution in [0.15, 0.2) is 0 Å². The lowest BCUT2D eigenvalue weighted by atomic mass is 10.0. The van der Waals surface area contributed by atoms with E-state index in [-0.39, 0.29) is 39.0 Å². The van der Waals surface area contributed by atoms with Crippen LogP contribution in [0.25, 0.3) is 0 Å². The van der Waals surface area contributed by atoms with Gasteiger partial charge in [0.25, 0.3) is 0 Å². The van der Waals surface area contributed by atoms with Crippen molar-refractivity contribution in [2.75, 3.05) is 0 Å². The first-order chi connectivity index (χ1) is 39.7. The summed E-state index contributed by atoms with van der Waals surface area (Å²) in [5.74, 6) is -17.9. The van der Waals surface area contributed by atoms with Crippen LogP contribution < -0.4 is 0 Å². The van der Waals surface area contributed by atoms with Crippen LogP contribution in [-0.2, 0) is 92.7 Å². The molecule has 0 radical (unpaired) electrons. The Hall–Kier alpha value is -2.70. The number of unbranched alkanes of at least 4 members (excludes halogenated alkanes) is 6. The second-order valence-corrected chi connectivity index (χ2v) is 35.8. The zero-order chi connectivity index (χ0) is 69.4. The van der Waals surface area contributed by atoms with Crippen LogP contribution in [0.2, 0.25) is 0 Å². The maximum absolute atomic E-state index is 15.6. The predicted octanol–water partition coefficient (Wildman–Crippen LogP) is 8.19. The van der Waals surface area contributed by atoms with Crippen molar-refractivity contribution in [3.63, 3.8) is 0 Å². The summed E-state index contributed by atoms with van der Waals surface area (Å²) in [4.78, 5) is 181. The molecule has 13 unspecified atom stereocenters. The number of hydrogen-bond acceptors (Lipinski definition) is 21. The van der Waals surface area contributed by atoms with Crippen LogP contribution in [0.4, 0.5) is 0 Å². The lowest BCUT2D eigenvalue weighted by molar-refractivity contribution is -0.145. The van der Waals surface area contributed by atoms with Gasteiger partial charge in [0.2, 0.25) is 0 Å². The molecule has 0 aromatic carbocycles. The summed E-state index contributed by atoms with van der Waals surface area (Å²) in [6.07, 6.45) is -21.8. The van der Waals surface area contributed by atoms with Crippen LogP contribution in [-0.4, -0.2) is 159 Å². The van der Waals surface area contributed by atoms with Crippen molar-refractivity contribution in [2.24, 2.45) is 5.92 Å². The SMILES string of the molecule is CCCCCCC(O)(CC(=O)O)P(=O)(O)OC(CCCCC)(CC(=O)O)P(=O)(O)OC(CCCC)(CC(=O)O)P(=O)(O)OC(CC(=O)O)(C(C)C)P(=O)(O)OC(CCC)(CC(=O)O)P(=O)(O)OC(CC)(CC(=O)O)P(=O)(O)OC(C)(CC(=O)O)P(=O)(O)O. The van der Waals surface area contributed by atoms with Crippen LogP contribution in [0.3, 0.4) is 0 Å². The molecule has 36 nitrogen and oxygen atoms in total. The van der Waals surface area contributed by atoms with E-state index in [4.69, 9.17) is 27.1 Å². The van der Waals surface area contributed by atoms with Gasteiger partial charge in [0.15, 0.2) is 37.4 Å². The molecule has 0 spiro atoms. The monoisotopic (exact) mass is 1420 g/mol. The first-order valence-corrected chi connectivity index (χ1v) is 38.3. The zero-order valence-corrected chi connectivity index (χ0v) is 55.8. The predicted molar refractivity (Wildman–Crippen MR) is 303 cm³/mol. The Morgan fingerprint density at radius 1 is 0.352 bits per heavy atom. The highest BCUT2D eigenvalue weighted by atomic mass is 31.2. The maximum Gasteiger partial charge on any atom is 0.362 e. The third-order valence-corrected chi connectivity index (χ3v) is 29.3. The standard InChI is InChI=1S/C45H85O36P7/c1-9-14-17-19-21-40(60,25-33(48)49)83(64,65)78-44(29-37(56)57,23-18-15-10-2)86(70,71)79-43(22-16-11-3,28-36(54)55)87(72,73)81-45(31(6)7,30-38(58)59)88(74,75)80-42(20-12-4,27-35(52)53)85(68,69)77-41(13-5,26-34(50)51)84(66,67)76-39(8,24-32(46)47)82(61,62)63/h31,60H,9-30H2,1-8H3,(H,46,47)(H,48,49)(H,50,51)(H,52,53)(H,54,55)(H,56,57)(H,58,59)(H,64,65)(H,66,67)(H,68,69)(H,70,71)(H,72,73)(H,74,75)(H2,61,62,63). The highest BCUT2D eigenvalue weighted by molar-refractivity contribution is 7.62. The summed E-state index contributed by atoms with van der Waals surface area (Å²) in [6.45, 7) is 7.86. The number of rotatable bonds is 49. The highest BCUT2D eigenvalue weighted by Crippen LogP contribution is 2.80. The van der Waals surface area contributed by atoms with Gasteiger partial charge in [-0.05, 0) is 57.8 Å². The molecule has 0 aliphatic heterocycles. The lowest BCUT2D eigenvalue weighted by Gasteiger charge is -2.48. The molecule has 0 rings (SSSR count). The van der Waals surface area contributed by atoms with Crippen molar-refractivity contribution in [2.45, 2.75) is 234 Å². The third kappa shape index (κ3) is 21.4. The van der Waals surface area contributed by atoms with Gasteiger partial charge in [0.1, 0.15) is 0 Å². The van der Waals surface area contributed by atoms with Crippen LogP contribution in [0.1, 0.15) is 197 Å². The second kappa shape index (κ2) is 32.9. The zero-order valence-electron chi connectivity index (χ0n) is 49.6. The number of aliphatic carboxylic acids is 7. The molecule has 13 atom stereocenters. The van der Waals surface area contributed by atoms with Crippen molar-refractivity contribution in [3.8, 4) is 0 Å². The Bertz CT molecular complexity index is 2820. The molecule has 0 bridgehead atoms. The van der Waals surface area contributed by atoms with Crippen molar-refractivity contribution in [3.05, 3.63) is 0 Å². The average molecular weight is 1420 g/mol. The van der Waals surface area contributed by atoms with Crippen molar-refractivity contribution in [1.82, 2.24) is 0 Å². The Labute approximate surface area is 506 Å². The van der Waals surface area contributed by atoms with E-state index < -0.39 is 235 Å². The number of carbonyl (C=O) groups is 7. The third-order valence-electron chi connectivity index (χ3n) is 14.1. The van der Waals surface area contributed by atoms with E-state index in [0.29, 0.717) is 33.6 Å². The summed E-state index contributed by atoms with van der Waals surface area (Å²) >= 11 is 0. The van der Waals surface area contributed by atoms with Gasteiger partial charge < -0.3 is 80.0 Å². The van der Waals surface area contributed by atoms with E-state index in [1.807, 2.05) is 0 Å². The molecule has 43 heteroatoms. The van der Waals surface area contributed by atoms with E-state index in [9.17, 15) is 127 Å². The van der Waals surface area contributed by atoms with E-state index in [2.05, 4.69) is 0 Å². The fourth-order valence-corrected chi connectivity index (χ4v) is 23.7. The van der Waals surface area contributed by atoms with Gasteiger partial charge in [0.05, 0.1) is 44.9 Å². The number of hydrogen-bond donors (Lipinski definition) is 16. The van der Waals surface area contributed by atoms with E-state index >= 15 is 18.3 Å². The van der Waals surface area contributed by atoms with E-state index in [1.54, 1.807) is 6.92 Å². The molecule has 16 N–H and O–H groups in total. The van der Waals surface area contributed by atoms with Gasteiger partial charge in [-0.25, -0.2) is 0 Å². The van der Waals surface area contributed by atoms with Gasteiger partial charge in [-0.15, -0.1) is 0 Å². The average Bonchev–Trinajstić information content (AvgIpc) is 0.747. The lowest BCUT2D eigenvalue weighted by Crippen LogP contribution is -2.48. The molecule has 0 aliphatic carbocycles. The molecule has 0 amide bonds. The van der Waals surface area contributed by atoms with Gasteiger partial charge in [0, 0.05) is 0 Å². The first kappa shape index (κ1) is 85.3. The summed E-state index contributed by atoms with van der Waals surface area (Å²) in [7, 11) is -47.2. The molecular formula is C45H85O36P7. The summed E-state index contributed by atoms with van der Waals surface area (Å²) in [6, 6.07) is 0. The quantitative estimate of drug-likeness (QED) is 0.0201. The van der Waals surface area contributed by atoms with Crippen molar-refractivity contribution < 1.29 is 173 Å². The fourth-order valence-electron chi connectivity index (χ4n) is 9.20. The summed E-state index contributed by atoms with van der Waals surface area (Å²) < 4.78 is 135. The van der Waals surface area contributed by atoms with Crippen LogP contribution in [0, 0.1) is 5.92 Å². The minimum Gasteiger partial charge on any atom is -0.481 e. The molecule has 516 valence electrons. The van der Waals surface area contributed by atoms with Crippen molar-refractivity contribution in [1.29, 1.82) is 0 Å². The molecule has 0 saturated carbocycles. The molecule has 0 fully saturated rings. The van der Waals surface area contributed by atoms with Crippen LogP contribution in [0.5, 0.6) is 0 Å². The minimum atomic E-state index is -7.12. The van der Waals surface area contributed by atoms with Gasteiger partial charge in [-0.3, -0.25) is 92.7 Å². The summed E-state index contributed by atoms with van der Waals surface area (Å²) in [5.41, 5.74) is 0. The Morgan fingerprint density at radius 3 is 1.03 bits per heavy atom. The molecule has 0 saturated heterocycles. The Kier molecular flexibility index (Phi) is 31.9. The highest BCUT2D eigenvalue weighted by Gasteiger charge is 2.71. The number of carboxylic acids is 7. The maximum atomic E-state index is 15.6. The van der Waals surface area contributed by atoms with Crippen LogP contribution >= 0.6 is 53.2 Å². The molecule has 0 aromatic rings. The first-order valence-electron chi connectivity index (χ1n) is 27.2. The van der Waals surface area contributed by atoms with Gasteiger partial charge in [-0.1, -0.05) is 99.8 Å². The van der Waals surface area contributed by atoms with E-state index in [1.165, 1.54) is 13.8 Å². The van der Waals surface area contributed by atoms with Gasteiger partial charge >= 0.3 is 95.0 Å². The van der Waals surface area contributed by atoms with Crippen molar-refractivity contribution >= 4 is 95.0 Å². The number of aliphatic hydroxyl groups is 1. The number of carboxylic acid groups (broad SMARTS) is 7. The fraction of sp³-hybridized carbons (Fsp3) is 0.844. The molecule has 0 heterocycles. The Morgan fingerprint density at radius 2 is 0.670 bits per heavy atom. The smallest absolute Gasteiger partial charge is 0.362 e. The molecule has 0 aliphatic rings. The van der Waals surface area contributed by atoms with E-state index in [0.717, 1.165) is 6.92 Å². The topological polar surface area (TPSA) is 618 Å². The molecule has 88 heavy (non-hydrogen) atoms. The Balaban J connectivity index is 9.38. The summed E-state index contributed by atoms with van der Waals surface area (Å²) in [5, 5.41) is 55.2. The van der Waals surface area contributed by atoms with Gasteiger partial charge in [-0.2, -0.15) is 0 Å². The minimum absolute atomic E-state index is 0.0748. The molecular weight excluding hydrogens is 1330 g/mol. The largest absolute Gasteiger partial charge is 0.481 e. The molecule has 0 aromatic heterocycles. The normalized spacial score (nSPS) is 21.3.